The number of hydrogen-bond donors (Lipinski definition) is 1. The molecule has 0 radical (unpaired) electrons. The number of anilines is 1. The molecule has 0 bridgehead atoms. The summed E-state index contributed by atoms with van der Waals surface area (Å²) in [6, 6.07) is 5.53. The van der Waals surface area contributed by atoms with Crippen LogP contribution in [0.25, 0.3) is 0 Å². The van der Waals surface area contributed by atoms with Crippen molar-refractivity contribution in [1.29, 1.82) is 0 Å². The molecule has 1 aliphatic heterocycles. The first-order valence-electron chi connectivity index (χ1n) is 7.81. The quantitative estimate of drug-likeness (QED) is 0.876. The normalized spacial score (nSPS) is 27.5. The molecule has 130 valence electrons. The van der Waals surface area contributed by atoms with Crippen molar-refractivity contribution in [3.05, 3.63) is 30.1 Å². The highest BCUT2D eigenvalue weighted by atomic mass is 32.2. The fourth-order valence-corrected chi connectivity index (χ4v) is 4.84. The van der Waals surface area contributed by atoms with E-state index in [0.29, 0.717) is 12.8 Å². The van der Waals surface area contributed by atoms with Crippen molar-refractivity contribution < 1.29 is 22.4 Å². The van der Waals surface area contributed by atoms with Gasteiger partial charge in [0.2, 0.25) is 11.8 Å². The van der Waals surface area contributed by atoms with Crippen LogP contribution in [-0.4, -0.2) is 49.7 Å². The maximum atomic E-state index is 13.5. The Kier molecular flexibility index (Phi) is 4.33. The third-order valence-electron chi connectivity index (χ3n) is 4.68. The third-order valence-corrected chi connectivity index (χ3v) is 6.43. The van der Waals surface area contributed by atoms with Gasteiger partial charge in [-0.05, 0) is 25.0 Å². The van der Waals surface area contributed by atoms with Crippen LogP contribution in [-0.2, 0) is 19.4 Å². The summed E-state index contributed by atoms with van der Waals surface area (Å²) in [6.07, 6.45) is 0.840. The van der Waals surface area contributed by atoms with E-state index in [-0.39, 0.29) is 35.0 Å². The molecular formula is C16H19FN2O4S. The van der Waals surface area contributed by atoms with E-state index in [1.54, 1.807) is 13.1 Å². The van der Waals surface area contributed by atoms with E-state index in [0.717, 1.165) is 0 Å². The topological polar surface area (TPSA) is 83.6 Å². The first kappa shape index (κ1) is 16.9. The highest BCUT2D eigenvalue weighted by Crippen LogP contribution is 2.41. The number of para-hydroxylation sites is 1. The van der Waals surface area contributed by atoms with Gasteiger partial charge < -0.3 is 10.2 Å². The zero-order chi connectivity index (χ0) is 17.5. The summed E-state index contributed by atoms with van der Waals surface area (Å²) >= 11 is 0. The number of nitrogens with zero attached hydrogens (tertiary/aromatic N) is 1. The predicted octanol–water partition coefficient (Wildman–Crippen LogP) is 1.05. The van der Waals surface area contributed by atoms with E-state index >= 15 is 0 Å². The summed E-state index contributed by atoms with van der Waals surface area (Å²) in [6.45, 7) is 0. The van der Waals surface area contributed by atoms with Crippen molar-refractivity contribution in [3.63, 3.8) is 0 Å². The lowest BCUT2D eigenvalue weighted by Gasteiger charge is -2.23. The van der Waals surface area contributed by atoms with Crippen molar-refractivity contribution in [2.45, 2.75) is 18.9 Å². The van der Waals surface area contributed by atoms with Crippen molar-refractivity contribution in [3.8, 4) is 0 Å². The average molecular weight is 354 g/mol. The second kappa shape index (κ2) is 6.16. The Morgan fingerprint density at radius 2 is 1.96 bits per heavy atom. The Morgan fingerprint density at radius 3 is 2.58 bits per heavy atom. The molecule has 6 nitrogen and oxygen atoms in total. The van der Waals surface area contributed by atoms with Crippen molar-refractivity contribution in [1.82, 2.24) is 4.90 Å². The molecule has 0 spiro atoms. The monoisotopic (exact) mass is 354 g/mol. The van der Waals surface area contributed by atoms with Crippen LogP contribution < -0.4 is 5.32 Å². The Labute approximate surface area is 139 Å². The molecule has 1 aromatic carbocycles. The van der Waals surface area contributed by atoms with Crippen LogP contribution in [0.4, 0.5) is 10.1 Å². The number of carbonyl (C=O) groups excluding carboxylic acids is 2. The number of carbonyl (C=O) groups is 2. The van der Waals surface area contributed by atoms with Crippen LogP contribution >= 0.6 is 0 Å². The van der Waals surface area contributed by atoms with E-state index in [1.807, 2.05) is 0 Å². The van der Waals surface area contributed by atoms with Gasteiger partial charge in [-0.15, -0.1) is 0 Å². The molecule has 1 N–H and O–H groups in total. The van der Waals surface area contributed by atoms with Gasteiger partial charge in [-0.3, -0.25) is 9.59 Å². The van der Waals surface area contributed by atoms with Crippen molar-refractivity contribution in [2.75, 3.05) is 23.9 Å². The maximum Gasteiger partial charge on any atom is 0.228 e. The van der Waals surface area contributed by atoms with E-state index < -0.39 is 27.5 Å². The minimum absolute atomic E-state index is 0.0198. The summed E-state index contributed by atoms with van der Waals surface area (Å²) in [7, 11) is -1.49. The summed E-state index contributed by atoms with van der Waals surface area (Å²) in [5, 5.41) is 2.50. The molecule has 8 heteroatoms. The number of nitrogens with one attached hydrogen (secondary N) is 1. The molecule has 2 aliphatic rings. The second-order valence-corrected chi connectivity index (χ2v) is 8.65. The lowest BCUT2D eigenvalue weighted by molar-refractivity contribution is -0.134. The minimum Gasteiger partial charge on any atom is -0.341 e. The molecule has 1 saturated heterocycles. The zero-order valence-electron chi connectivity index (χ0n) is 13.2. The Bertz CT molecular complexity index is 780. The van der Waals surface area contributed by atoms with E-state index in [4.69, 9.17) is 0 Å². The number of benzene rings is 1. The predicted molar refractivity (Wildman–Crippen MR) is 86.5 cm³/mol. The third kappa shape index (κ3) is 3.43. The van der Waals surface area contributed by atoms with Gasteiger partial charge in [0, 0.05) is 13.1 Å². The first-order valence-corrected chi connectivity index (χ1v) is 9.63. The fraction of sp³-hybridized carbons (Fsp3) is 0.500. The summed E-state index contributed by atoms with van der Waals surface area (Å²) in [4.78, 5) is 26.0. The Balaban J connectivity index is 1.57. The fourth-order valence-electron chi connectivity index (χ4n) is 3.07. The summed E-state index contributed by atoms with van der Waals surface area (Å²) in [5.74, 6) is -1.99. The van der Waals surface area contributed by atoms with Crippen LogP contribution in [0.2, 0.25) is 0 Å². The molecule has 2 fully saturated rings. The van der Waals surface area contributed by atoms with Crippen molar-refractivity contribution >= 4 is 27.3 Å². The average Bonchev–Trinajstić information content (AvgIpc) is 3.25. The number of amides is 2. The van der Waals surface area contributed by atoms with E-state index in [1.165, 1.54) is 23.1 Å². The lowest BCUT2D eigenvalue weighted by atomic mass is 10.2. The highest BCUT2D eigenvalue weighted by Gasteiger charge is 2.50. The molecule has 3 unspecified atom stereocenters. The van der Waals surface area contributed by atoms with Crippen molar-refractivity contribution in [2.24, 2.45) is 11.8 Å². The number of rotatable bonds is 4. The van der Waals surface area contributed by atoms with E-state index in [2.05, 4.69) is 5.32 Å². The van der Waals surface area contributed by atoms with Gasteiger partial charge in [0.25, 0.3) is 0 Å². The molecular weight excluding hydrogens is 335 g/mol. The van der Waals surface area contributed by atoms with Crippen LogP contribution in [0, 0.1) is 17.7 Å². The summed E-state index contributed by atoms with van der Waals surface area (Å²) < 4.78 is 36.6. The standard InChI is InChI=1S/C16H19FN2O4S/c1-19(10-6-7-24(22,23)9-10)16(21)12-8-11(12)15(20)18-14-5-3-2-4-13(14)17/h2-5,10-12H,6-9H2,1H3,(H,18,20). The SMILES string of the molecule is CN(C(=O)C1CC1C(=O)Nc1ccccc1F)C1CCS(=O)(=O)C1. The molecule has 0 aromatic heterocycles. The van der Waals surface area contributed by atoms with Gasteiger partial charge in [0.1, 0.15) is 5.82 Å². The molecule has 1 aromatic rings. The van der Waals surface area contributed by atoms with Gasteiger partial charge in [0.15, 0.2) is 9.84 Å². The maximum absolute atomic E-state index is 13.5. The number of hydrogen-bond acceptors (Lipinski definition) is 4. The molecule has 1 heterocycles. The zero-order valence-corrected chi connectivity index (χ0v) is 14.1. The van der Waals surface area contributed by atoms with Crippen LogP contribution in [0.15, 0.2) is 24.3 Å². The van der Waals surface area contributed by atoms with Gasteiger partial charge in [-0.25, -0.2) is 12.8 Å². The van der Waals surface area contributed by atoms with E-state index in [9.17, 15) is 22.4 Å². The van der Waals surface area contributed by atoms with Gasteiger partial charge >= 0.3 is 0 Å². The molecule has 3 atom stereocenters. The van der Waals surface area contributed by atoms with Crippen LogP contribution in [0.5, 0.6) is 0 Å². The number of halogens is 1. The van der Waals surface area contributed by atoms with Gasteiger partial charge in [-0.1, -0.05) is 12.1 Å². The largest absolute Gasteiger partial charge is 0.341 e. The van der Waals surface area contributed by atoms with Crippen LogP contribution in [0.1, 0.15) is 12.8 Å². The minimum atomic E-state index is -3.07. The molecule has 2 amide bonds. The molecule has 3 rings (SSSR count). The van der Waals surface area contributed by atoms with Gasteiger partial charge in [0.05, 0.1) is 29.0 Å². The van der Waals surface area contributed by atoms with Gasteiger partial charge in [-0.2, -0.15) is 0 Å². The molecule has 24 heavy (non-hydrogen) atoms. The first-order chi connectivity index (χ1) is 11.3. The molecule has 1 saturated carbocycles. The molecule has 1 aliphatic carbocycles. The smallest absolute Gasteiger partial charge is 0.228 e. The van der Waals surface area contributed by atoms with Crippen LogP contribution in [0.3, 0.4) is 0 Å². The second-order valence-electron chi connectivity index (χ2n) is 6.42. The summed E-state index contributed by atoms with van der Waals surface area (Å²) in [5.41, 5.74) is 0.0934. The Morgan fingerprint density at radius 1 is 1.25 bits per heavy atom. The highest BCUT2D eigenvalue weighted by molar-refractivity contribution is 7.91. The lowest BCUT2D eigenvalue weighted by Crippen LogP contribution is -2.39. The Hall–Kier alpha value is -1.96. The number of sulfone groups is 1.